The second kappa shape index (κ2) is 14.9. The highest BCUT2D eigenvalue weighted by atomic mass is 127. The molecule has 0 aliphatic carbocycles. The molecule has 156 valence electrons. The SMILES string of the molecule is CCc1nncn1CCNC(=NCCOC)NCCSc1ccc(Cl)cc1.I. The summed E-state index contributed by atoms with van der Waals surface area (Å²) in [4.78, 5) is 5.73. The van der Waals surface area contributed by atoms with E-state index >= 15 is 0 Å². The van der Waals surface area contributed by atoms with Gasteiger partial charge in [-0.1, -0.05) is 18.5 Å². The van der Waals surface area contributed by atoms with Crippen LogP contribution in [-0.4, -0.2) is 59.8 Å². The van der Waals surface area contributed by atoms with Gasteiger partial charge in [0.05, 0.1) is 13.2 Å². The maximum Gasteiger partial charge on any atom is 0.191 e. The van der Waals surface area contributed by atoms with E-state index in [1.54, 1.807) is 25.2 Å². The first-order valence-corrected chi connectivity index (χ1v) is 10.4. The minimum Gasteiger partial charge on any atom is -0.383 e. The van der Waals surface area contributed by atoms with Crippen molar-refractivity contribution in [2.45, 2.75) is 24.8 Å². The normalized spacial score (nSPS) is 11.2. The predicted octanol–water partition coefficient (Wildman–Crippen LogP) is 3.09. The van der Waals surface area contributed by atoms with Crippen molar-refractivity contribution < 1.29 is 4.74 Å². The van der Waals surface area contributed by atoms with Gasteiger partial charge in [-0.2, -0.15) is 0 Å². The van der Waals surface area contributed by atoms with Crippen LogP contribution >= 0.6 is 47.3 Å². The predicted molar refractivity (Wildman–Crippen MR) is 127 cm³/mol. The number of nitrogens with one attached hydrogen (secondary N) is 2. The number of aliphatic imine (C=N–C) groups is 1. The molecule has 1 aromatic heterocycles. The Morgan fingerprint density at radius 3 is 2.71 bits per heavy atom. The van der Waals surface area contributed by atoms with Gasteiger partial charge in [-0.25, -0.2) is 0 Å². The fraction of sp³-hybridized carbons (Fsp3) is 0.500. The first-order valence-electron chi connectivity index (χ1n) is 8.99. The summed E-state index contributed by atoms with van der Waals surface area (Å²) in [5, 5.41) is 15.5. The van der Waals surface area contributed by atoms with Crippen molar-refractivity contribution in [3.63, 3.8) is 0 Å². The number of aromatic nitrogens is 3. The molecule has 2 N–H and O–H groups in total. The Hall–Kier alpha value is -1.04. The van der Waals surface area contributed by atoms with E-state index < -0.39 is 0 Å². The van der Waals surface area contributed by atoms with Gasteiger partial charge in [0, 0.05) is 48.8 Å². The van der Waals surface area contributed by atoms with Gasteiger partial charge >= 0.3 is 0 Å². The van der Waals surface area contributed by atoms with Crippen LogP contribution in [0.25, 0.3) is 0 Å². The van der Waals surface area contributed by atoms with Crippen LogP contribution < -0.4 is 10.6 Å². The molecule has 28 heavy (non-hydrogen) atoms. The van der Waals surface area contributed by atoms with E-state index in [9.17, 15) is 0 Å². The Morgan fingerprint density at radius 2 is 2.00 bits per heavy atom. The maximum atomic E-state index is 5.91. The van der Waals surface area contributed by atoms with Crippen molar-refractivity contribution in [3.05, 3.63) is 41.4 Å². The Morgan fingerprint density at radius 1 is 1.25 bits per heavy atom. The lowest BCUT2D eigenvalue weighted by Crippen LogP contribution is -2.40. The monoisotopic (exact) mass is 538 g/mol. The van der Waals surface area contributed by atoms with Crippen molar-refractivity contribution in [2.75, 3.05) is 39.1 Å². The minimum absolute atomic E-state index is 0. The summed E-state index contributed by atoms with van der Waals surface area (Å²) in [5.41, 5.74) is 0. The van der Waals surface area contributed by atoms with E-state index in [4.69, 9.17) is 16.3 Å². The number of ether oxygens (including phenoxy) is 1. The largest absolute Gasteiger partial charge is 0.383 e. The number of hydrogen-bond acceptors (Lipinski definition) is 5. The van der Waals surface area contributed by atoms with Crippen molar-refractivity contribution in [1.82, 2.24) is 25.4 Å². The number of methoxy groups -OCH3 is 1. The van der Waals surface area contributed by atoms with Gasteiger partial charge < -0.3 is 19.9 Å². The van der Waals surface area contributed by atoms with E-state index in [1.807, 2.05) is 24.3 Å². The number of guanidine groups is 1. The molecule has 1 heterocycles. The minimum atomic E-state index is 0. The summed E-state index contributed by atoms with van der Waals surface area (Å²) >= 11 is 7.69. The quantitative estimate of drug-likeness (QED) is 0.151. The summed E-state index contributed by atoms with van der Waals surface area (Å²) < 4.78 is 7.13. The topological polar surface area (TPSA) is 76.4 Å². The van der Waals surface area contributed by atoms with Crippen molar-refractivity contribution in [1.29, 1.82) is 0 Å². The van der Waals surface area contributed by atoms with Gasteiger partial charge in [-0.05, 0) is 24.3 Å². The fourth-order valence-corrected chi connectivity index (χ4v) is 3.22. The van der Waals surface area contributed by atoms with E-state index in [0.29, 0.717) is 13.2 Å². The lowest BCUT2D eigenvalue weighted by Gasteiger charge is -2.13. The van der Waals surface area contributed by atoms with E-state index in [1.165, 1.54) is 4.90 Å². The molecule has 0 unspecified atom stereocenters. The number of thioether (sulfide) groups is 1. The standard InChI is InChI=1S/C18H27ClN6OS.HI/c1-3-17-24-23-14-25(17)11-8-20-18(21-9-12-26-2)22-10-13-27-16-6-4-15(19)5-7-16;/h4-7,14H,3,8-13H2,1-2H3,(H2,20,21,22);1H. The van der Waals surface area contributed by atoms with Crippen molar-refractivity contribution in [2.24, 2.45) is 4.99 Å². The highest BCUT2D eigenvalue weighted by Gasteiger charge is 2.03. The maximum absolute atomic E-state index is 5.91. The molecule has 0 amide bonds. The lowest BCUT2D eigenvalue weighted by atomic mass is 10.4. The second-order valence-corrected chi connectivity index (χ2v) is 7.28. The number of hydrogen-bond donors (Lipinski definition) is 2. The average molecular weight is 539 g/mol. The third-order valence-electron chi connectivity index (χ3n) is 3.70. The van der Waals surface area contributed by atoms with Crippen LogP contribution in [0.4, 0.5) is 0 Å². The molecule has 2 rings (SSSR count). The van der Waals surface area contributed by atoms with Gasteiger partial charge in [-0.3, -0.25) is 4.99 Å². The zero-order valence-electron chi connectivity index (χ0n) is 16.2. The number of aryl methyl sites for hydroxylation is 1. The average Bonchev–Trinajstić information content (AvgIpc) is 3.14. The van der Waals surface area contributed by atoms with E-state index in [-0.39, 0.29) is 24.0 Å². The van der Waals surface area contributed by atoms with Gasteiger partial charge in [-0.15, -0.1) is 45.9 Å². The molecule has 0 atom stereocenters. The summed E-state index contributed by atoms with van der Waals surface area (Å²) in [5.74, 6) is 2.70. The van der Waals surface area contributed by atoms with E-state index in [2.05, 4.69) is 37.3 Å². The Balaban J connectivity index is 0.00000392. The molecule has 0 aliphatic rings. The molecule has 7 nitrogen and oxygen atoms in total. The number of halogens is 2. The fourth-order valence-electron chi connectivity index (χ4n) is 2.33. The van der Waals surface area contributed by atoms with Gasteiger partial charge in [0.15, 0.2) is 5.96 Å². The summed E-state index contributed by atoms with van der Waals surface area (Å²) in [6.45, 7) is 5.63. The zero-order chi connectivity index (χ0) is 19.3. The van der Waals surface area contributed by atoms with Crippen molar-refractivity contribution >= 4 is 53.3 Å². The highest BCUT2D eigenvalue weighted by molar-refractivity contribution is 14.0. The van der Waals surface area contributed by atoms with Crippen LogP contribution in [0.5, 0.6) is 0 Å². The molecular formula is C18H28ClIN6OS. The molecule has 0 spiro atoms. The third kappa shape index (κ3) is 9.44. The molecule has 2 aromatic rings. The summed E-state index contributed by atoms with van der Waals surface area (Å²) in [7, 11) is 1.68. The molecule has 1 aromatic carbocycles. The number of benzene rings is 1. The molecule has 0 aliphatic heterocycles. The second-order valence-electron chi connectivity index (χ2n) is 5.67. The molecule has 0 radical (unpaired) electrons. The van der Waals surface area contributed by atoms with Crippen LogP contribution in [0.15, 0.2) is 40.5 Å². The van der Waals surface area contributed by atoms with Crippen LogP contribution in [0.1, 0.15) is 12.7 Å². The summed E-state index contributed by atoms with van der Waals surface area (Å²) in [6, 6.07) is 7.88. The first kappa shape index (κ1) is 25.0. The number of nitrogens with zero attached hydrogens (tertiary/aromatic N) is 4. The van der Waals surface area contributed by atoms with Crippen LogP contribution in [-0.2, 0) is 17.7 Å². The Bertz CT molecular complexity index is 698. The molecule has 10 heteroatoms. The molecule has 0 fully saturated rings. The number of rotatable bonds is 11. The smallest absolute Gasteiger partial charge is 0.191 e. The van der Waals surface area contributed by atoms with E-state index in [0.717, 1.165) is 48.6 Å². The third-order valence-corrected chi connectivity index (χ3v) is 4.97. The van der Waals surface area contributed by atoms with Gasteiger partial charge in [0.2, 0.25) is 0 Å². The first-order chi connectivity index (χ1) is 13.2. The summed E-state index contributed by atoms with van der Waals surface area (Å²) in [6.07, 6.45) is 2.63. The van der Waals surface area contributed by atoms with Crippen LogP contribution in [0, 0.1) is 0 Å². The molecule has 0 saturated heterocycles. The van der Waals surface area contributed by atoms with Crippen LogP contribution in [0.2, 0.25) is 5.02 Å². The molecule has 0 bridgehead atoms. The van der Waals surface area contributed by atoms with Crippen molar-refractivity contribution in [3.8, 4) is 0 Å². The van der Waals surface area contributed by atoms with Crippen LogP contribution in [0.3, 0.4) is 0 Å². The Labute approximate surface area is 193 Å². The van der Waals surface area contributed by atoms with Gasteiger partial charge in [0.25, 0.3) is 0 Å². The molecular weight excluding hydrogens is 511 g/mol. The van der Waals surface area contributed by atoms with Gasteiger partial charge in [0.1, 0.15) is 12.2 Å². The zero-order valence-corrected chi connectivity index (χ0v) is 20.1. The lowest BCUT2D eigenvalue weighted by molar-refractivity contribution is 0.208. The Kier molecular flexibility index (Phi) is 13.3. The molecule has 0 saturated carbocycles. The highest BCUT2D eigenvalue weighted by Crippen LogP contribution is 2.19.